The highest BCUT2D eigenvalue weighted by Crippen LogP contribution is 2.36. The predicted molar refractivity (Wildman–Crippen MR) is 142 cm³/mol. The lowest BCUT2D eigenvalue weighted by molar-refractivity contribution is -0.0263. The van der Waals surface area contributed by atoms with Crippen molar-refractivity contribution in [1.82, 2.24) is 9.62 Å². The molecule has 4 rings (SSSR count). The Kier molecular flexibility index (Phi) is 7.99. The lowest BCUT2D eigenvalue weighted by atomic mass is 9.80. The minimum absolute atomic E-state index is 0.617. The van der Waals surface area contributed by atoms with Crippen LogP contribution in [0.2, 0.25) is 5.02 Å². The lowest BCUT2D eigenvalue weighted by Crippen LogP contribution is -2.47. The largest absolute Gasteiger partial charge is 0.385 e. The Hall–Kier alpha value is -2.22. The molecule has 186 valence electrons. The molecule has 1 fully saturated rings. The van der Waals surface area contributed by atoms with E-state index in [1.165, 1.54) is 6.26 Å². The molecular weight excluding hydrogens is 480 g/mol. The first-order valence-corrected chi connectivity index (χ1v) is 14.3. The van der Waals surface area contributed by atoms with Gasteiger partial charge in [-0.05, 0) is 61.1 Å². The molecule has 0 saturated carbocycles. The first kappa shape index (κ1) is 25.9. The van der Waals surface area contributed by atoms with Crippen LogP contribution in [0.3, 0.4) is 0 Å². The van der Waals surface area contributed by atoms with E-state index in [-0.39, 0.29) is 0 Å². The summed E-state index contributed by atoms with van der Waals surface area (Å²) in [6, 6.07) is 27.0. The maximum absolute atomic E-state index is 12.5. The molecular formula is C28H33ClN2O3S. The zero-order chi connectivity index (χ0) is 24.9. The minimum Gasteiger partial charge on any atom is -0.385 e. The second-order valence-electron chi connectivity index (χ2n) is 9.50. The molecule has 3 aromatic rings. The molecule has 3 aromatic carbocycles. The van der Waals surface area contributed by atoms with Crippen LogP contribution in [-0.4, -0.2) is 44.3 Å². The standard InChI is InChI=1S/C28H33ClN2O3S/c1-35(33,34)30-28(24-9-4-2-5-10-24,25-11-6-3-7-12-25)17-8-20-31-21-18-27(32,19-22-31)23-13-15-26(29)16-14-23/h2-7,9-16,30,32H,8,17-22H2,1H3. The monoisotopic (exact) mass is 512 g/mol. The Morgan fingerprint density at radius 3 is 1.91 bits per heavy atom. The molecule has 0 spiro atoms. The van der Waals surface area contributed by atoms with Gasteiger partial charge >= 0.3 is 0 Å². The van der Waals surface area contributed by atoms with Gasteiger partial charge in [0.15, 0.2) is 0 Å². The van der Waals surface area contributed by atoms with Crippen LogP contribution in [0.25, 0.3) is 0 Å². The highest BCUT2D eigenvalue weighted by atomic mass is 35.5. The third-order valence-corrected chi connectivity index (χ3v) is 7.95. The number of nitrogens with zero attached hydrogens (tertiary/aromatic N) is 1. The molecule has 0 unspecified atom stereocenters. The van der Waals surface area contributed by atoms with Gasteiger partial charge in [-0.3, -0.25) is 0 Å². The van der Waals surface area contributed by atoms with E-state index in [0.29, 0.717) is 24.3 Å². The number of halogens is 1. The number of hydrogen-bond acceptors (Lipinski definition) is 4. The van der Waals surface area contributed by atoms with Crippen LogP contribution in [0.5, 0.6) is 0 Å². The molecule has 0 bridgehead atoms. The van der Waals surface area contributed by atoms with Gasteiger partial charge in [-0.2, -0.15) is 0 Å². The van der Waals surface area contributed by atoms with Crippen molar-refractivity contribution in [2.75, 3.05) is 25.9 Å². The number of likely N-dealkylation sites (tertiary alicyclic amines) is 1. The average molecular weight is 513 g/mol. The molecule has 7 heteroatoms. The van der Waals surface area contributed by atoms with Gasteiger partial charge in [-0.25, -0.2) is 13.1 Å². The fourth-order valence-corrected chi connectivity index (χ4v) is 6.25. The summed E-state index contributed by atoms with van der Waals surface area (Å²) in [7, 11) is -3.49. The third kappa shape index (κ3) is 6.32. The summed E-state index contributed by atoms with van der Waals surface area (Å²) < 4.78 is 28.0. The van der Waals surface area contributed by atoms with E-state index in [2.05, 4.69) is 9.62 Å². The Balaban J connectivity index is 1.49. The van der Waals surface area contributed by atoms with Crippen molar-refractivity contribution in [3.8, 4) is 0 Å². The van der Waals surface area contributed by atoms with Gasteiger partial charge in [0.1, 0.15) is 0 Å². The van der Waals surface area contributed by atoms with Crippen molar-refractivity contribution in [3.05, 3.63) is 107 Å². The van der Waals surface area contributed by atoms with Crippen molar-refractivity contribution in [3.63, 3.8) is 0 Å². The predicted octanol–water partition coefficient (Wildman–Crippen LogP) is 4.90. The number of hydrogen-bond donors (Lipinski definition) is 2. The fraction of sp³-hybridized carbons (Fsp3) is 0.357. The number of sulfonamides is 1. The summed E-state index contributed by atoms with van der Waals surface area (Å²) >= 11 is 6.01. The maximum Gasteiger partial charge on any atom is 0.209 e. The van der Waals surface area contributed by atoms with Gasteiger partial charge in [-0.1, -0.05) is 84.4 Å². The minimum atomic E-state index is -3.49. The lowest BCUT2D eigenvalue weighted by Gasteiger charge is -2.40. The molecule has 2 N–H and O–H groups in total. The van der Waals surface area contributed by atoms with Gasteiger partial charge in [0.05, 0.1) is 17.4 Å². The zero-order valence-electron chi connectivity index (χ0n) is 20.0. The third-order valence-electron chi connectivity index (χ3n) is 6.98. The van der Waals surface area contributed by atoms with Crippen LogP contribution in [0.4, 0.5) is 0 Å². The summed E-state index contributed by atoms with van der Waals surface area (Å²) in [4.78, 5) is 2.35. The van der Waals surface area contributed by atoms with E-state index >= 15 is 0 Å². The van der Waals surface area contributed by atoms with E-state index in [4.69, 9.17) is 11.6 Å². The smallest absolute Gasteiger partial charge is 0.209 e. The zero-order valence-corrected chi connectivity index (χ0v) is 21.6. The van der Waals surface area contributed by atoms with Gasteiger partial charge in [-0.15, -0.1) is 0 Å². The van der Waals surface area contributed by atoms with Crippen molar-refractivity contribution in [2.45, 2.75) is 36.8 Å². The summed E-state index contributed by atoms with van der Waals surface area (Å²) in [5, 5.41) is 11.8. The highest BCUT2D eigenvalue weighted by Gasteiger charge is 2.38. The van der Waals surface area contributed by atoms with Gasteiger partial charge in [0.25, 0.3) is 0 Å². The summed E-state index contributed by atoms with van der Waals surface area (Å²) in [5.41, 5.74) is 1.07. The molecule has 0 atom stereocenters. The number of aliphatic hydroxyl groups is 1. The number of nitrogens with one attached hydrogen (secondary N) is 1. The number of piperidine rings is 1. The molecule has 0 aromatic heterocycles. The van der Waals surface area contributed by atoms with Crippen LogP contribution in [-0.2, 0) is 21.2 Å². The summed E-state index contributed by atoms with van der Waals surface area (Å²) in [5.74, 6) is 0. The summed E-state index contributed by atoms with van der Waals surface area (Å²) in [6.07, 6.45) is 3.94. The van der Waals surface area contributed by atoms with Gasteiger partial charge in [0, 0.05) is 18.1 Å². The molecule has 0 amide bonds. The van der Waals surface area contributed by atoms with Crippen molar-refractivity contribution < 1.29 is 13.5 Å². The summed E-state index contributed by atoms with van der Waals surface area (Å²) in [6.45, 7) is 2.38. The van der Waals surface area contributed by atoms with E-state index in [9.17, 15) is 13.5 Å². The molecule has 1 aliphatic heterocycles. The Morgan fingerprint density at radius 1 is 0.914 bits per heavy atom. The molecule has 0 radical (unpaired) electrons. The van der Waals surface area contributed by atoms with Crippen molar-refractivity contribution in [2.24, 2.45) is 0 Å². The first-order chi connectivity index (χ1) is 16.7. The number of benzene rings is 3. The Bertz CT molecular complexity index is 1150. The van der Waals surface area contributed by atoms with Crippen LogP contribution >= 0.6 is 11.6 Å². The van der Waals surface area contributed by atoms with Crippen LogP contribution in [0.1, 0.15) is 42.4 Å². The van der Waals surface area contributed by atoms with E-state index in [0.717, 1.165) is 42.7 Å². The second kappa shape index (κ2) is 10.8. The quantitative estimate of drug-likeness (QED) is 0.428. The molecule has 5 nitrogen and oxygen atoms in total. The first-order valence-electron chi connectivity index (χ1n) is 12.0. The van der Waals surface area contributed by atoms with E-state index in [1.54, 1.807) is 0 Å². The van der Waals surface area contributed by atoms with Gasteiger partial charge < -0.3 is 10.0 Å². The maximum atomic E-state index is 12.5. The van der Waals surface area contributed by atoms with Crippen molar-refractivity contribution in [1.29, 1.82) is 0 Å². The highest BCUT2D eigenvalue weighted by molar-refractivity contribution is 7.88. The second-order valence-corrected chi connectivity index (χ2v) is 11.7. The van der Waals surface area contributed by atoms with Crippen LogP contribution in [0, 0.1) is 0 Å². The Labute approximate surface area is 213 Å². The molecule has 1 saturated heterocycles. The molecule has 35 heavy (non-hydrogen) atoms. The fourth-order valence-electron chi connectivity index (χ4n) is 5.15. The molecule has 0 aliphatic carbocycles. The molecule has 1 aliphatic rings. The normalized spacial score (nSPS) is 16.8. The Morgan fingerprint density at radius 2 is 1.43 bits per heavy atom. The topological polar surface area (TPSA) is 69.6 Å². The van der Waals surface area contributed by atoms with E-state index < -0.39 is 21.2 Å². The van der Waals surface area contributed by atoms with E-state index in [1.807, 2.05) is 84.9 Å². The molecule has 1 heterocycles. The van der Waals surface area contributed by atoms with Gasteiger partial charge in [0.2, 0.25) is 10.0 Å². The average Bonchev–Trinajstić information content (AvgIpc) is 2.85. The van der Waals surface area contributed by atoms with Crippen LogP contribution in [0.15, 0.2) is 84.9 Å². The van der Waals surface area contributed by atoms with Crippen molar-refractivity contribution >= 4 is 21.6 Å². The van der Waals surface area contributed by atoms with Crippen LogP contribution < -0.4 is 4.72 Å². The SMILES string of the molecule is CS(=O)(=O)NC(CCCN1CCC(O)(c2ccc(Cl)cc2)CC1)(c1ccccc1)c1ccccc1. The number of rotatable bonds is 9.